The molecule has 1 heterocycles. The fourth-order valence-corrected chi connectivity index (χ4v) is 6.31. The molecule has 0 radical (unpaired) electrons. The van der Waals surface area contributed by atoms with Crippen molar-refractivity contribution in [1.82, 2.24) is 0 Å². The van der Waals surface area contributed by atoms with Gasteiger partial charge in [0.25, 0.3) is 0 Å². The third kappa shape index (κ3) is 4.29. The lowest BCUT2D eigenvalue weighted by Gasteiger charge is -2.37. The minimum Gasteiger partial charge on any atom is -0.493 e. The van der Waals surface area contributed by atoms with Crippen molar-refractivity contribution in [2.75, 3.05) is 19.8 Å². The second kappa shape index (κ2) is 8.91. The van der Waals surface area contributed by atoms with E-state index in [9.17, 15) is 9.90 Å². The van der Waals surface area contributed by atoms with E-state index >= 15 is 0 Å². The molecular weight excluding hydrogens is 464 g/mol. The van der Waals surface area contributed by atoms with Gasteiger partial charge in [0.1, 0.15) is 18.1 Å². The van der Waals surface area contributed by atoms with E-state index in [1.165, 1.54) is 38.9 Å². The molecule has 2 aliphatic carbocycles. The highest BCUT2D eigenvalue weighted by atomic mass is 16.5. The number of carbonyl (C=O) groups is 1. The van der Waals surface area contributed by atoms with Gasteiger partial charge in [-0.25, -0.2) is 0 Å². The molecular formula is C32H34O5. The maximum Gasteiger partial charge on any atom is 0.307 e. The summed E-state index contributed by atoms with van der Waals surface area (Å²) in [6, 6.07) is 16.8. The molecule has 1 saturated heterocycles. The molecule has 0 aromatic heterocycles. The average molecular weight is 499 g/mol. The van der Waals surface area contributed by atoms with Crippen LogP contribution in [0.25, 0.3) is 11.1 Å². The van der Waals surface area contributed by atoms with Crippen LogP contribution in [0.4, 0.5) is 0 Å². The van der Waals surface area contributed by atoms with Crippen molar-refractivity contribution in [1.29, 1.82) is 0 Å². The number of rotatable bonds is 8. The van der Waals surface area contributed by atoms with Gasteiger partial charge < -0.3 is 19.3 Å². The molecule has 3 aliphatic rings. The molecule has 3 atom stereocenters. The maximum atomic E-state index is 11.4. The molecule has 5 heteroatoms. The number of hydrogen-bond donors (Lipinski definition) is 1. The van der Waals surface area contributed by atoms with Gasteiger partial charge in [0.2, 0.25) is 0 Å². The topological polar surface area (TPSA) is 65.0 Å². The Morgan fingerprint density at radius 2 is 1.78 bits per heavy atom. The van der Waals surface area contributed by atoms with Crippen molar-refractivity contribution in [2.45, 2.75) is 46.6 Å². The van der Waals surface area contributed by atoms with Gasteiger partial charge >= 0.3 is 5.97 Å². The summed E-state index contributed by atoms with van der Waals surface area (Å²) < 4.78 is 17.7. The summed E-state index contributed by atoms with van der Waals surface area (Å²) in [5, 5.41) is 9.36. The number of ether oxygens (including phenoxy) is 3. The van der Waals surface area contributed by atoms with Crippen molar-refractivity contribution < 1.29 is 24.1 Å². The van der Waals surface area contributed by atoms with E-state index in [1.54, 1.807) is 0 Å². The molecule has 3 aromatic rings. The first kappa shape index (κ1) is 24.1. The highest BCUT2D eigenvalue weighted by molar-refractivity contribution is 5.78. The number of carboxylic acids is 1. The van der Waals surface area contributed by atoms with E-state index < -0.39 is 5.97 Å². The Morgan fingerprint density at radius 1 is 1.03 bits per heavy atom. The lowest BCUT2D eigenvalue weighted by molar-refractivity contribution is -0.139. The summed E-state index contributed by atoms with van der Waals surface area (Å²) in [6.45, 7) is 11.3. The lowest BCUT2D eigenvalue weighted by Crippen LogP contribution is -2.44. The molecule has 6 rings (SSSR count). The van der Waals surface area contributed by atoms with Crippen molar-refractivity contribution in [3.05, 3.63) is 81.9 Å². The second-order valence-electron chi connectivity index (χ2n) is 11.5. The van der Waals surface area contributed by atoms with Crippen molar-refractivity contribution >= 4 is 5.97 Å². The lowest BCUT2D eigenvalue weighted by atomic mass is 9.89. The average Bonchev–Trinajstić information content (AvgIpc) is 3.44. The van der Waals surface area contributed by atoms with E-state index in [2.05, 4.69) is 70.2 Å². The van der Waals surface area contributed by atoms with Crippen molar-refractivity contribution in [3.63, 3.8) is 0 Å². The third-order valence-corrected chi connectivity index (χ3v) is 8.49. The summed E-state index contributed by atoms with van der Waals surface area (Å²) >= 11 is 0. The zero-order valence-corrected chi connectivity index (χ0v) is 22.0. The van der Waals surface area contributed by atoms with Gasteiger partial charge in [0.15, 0.2) is 0 Å². The van der Waals surface area contributed by atoms with Crippen LogP contribution in [0.5, 0.6) is 11.5 Å². The SMILES string of the molecule is Cc1cc(OCC2(C)COC2)cc(C)c1-c1cccc(COc2ccc3c(c2)CC2C(C(=O)O)C32)c1C. The highest BCUT2D eigenvalue weighted by Gasteiger charge is 2.59. The van der Waals surface area contributed by atoms with Crippen LogP contribution in [0, 0.1) is 38.0 Å². The summed E-state index contributed by atoms with van der Waals surface area (Å²) in [4.78, 5) is 11.4. The van der Waals surface area contributed by atoms with Crippen LogP contribution in [-0.4, -0.2) is 30.9 Å². The van der Waals surface area contributed by atoms with Gasteiger partial charge in [0.05, 0.1) is 25.7 Å². The maximum absolute atomic E-state index is 11.4. The Balaban J connectivity index is 1.17. The predicted molar refractivity (Wildman–Crippen MR) is 142 cm³/mol. The molecule has 0 bridgehead atoms. The van der Waals surface area contributed by atoms with E-state index in [1.807, 2.05) is 6.07 Å². The van der Waals surface area contributed by atoms with Crippen LogP contribution < -0.4 is 9.47 Å². The largest absolute Gasteiger partial charge is 0.493 e. The van der Waals surface area contributed by atoms with E-state index in [0.717, 1.165) is 36.7 Å². The number of aryl methyl sites for hydroxylation is 2. The van der Waals surface area contributed by atoms with Gasteiger partial charge in [0, 0.05) is 11.3 Å². The highest BCUT2D eigenvalue weighted by Crippen LogP contribution is 2.61. The van der Waals surface area contributed by atoms with Crippen LogP contribution in [-0.2, 0) is 22.6 Å². The van der Waals surface area contributed by atoms with E-state index in [4.69, 9.17) is 14.2 Å². The number of fused-ring (bicyclic) bond motifs is 3. The van der Waals surface area contributed by atoms with Crippen LogP contribution in [0.15, 0.2) is 48.5 Å². The summed E-state index contributed by atoms with van der Waals surface area (Å²) in [5.41, 5.74) is 9.78. The molecule has 1 N–H and O–H groups in total. The van der Waals surface area contributed by atoms with Crippen LogP contribution in [0.2, 0.25) is 0 Å². The number of aliphatic carboxylic acids is 1. The quantitative estimate of drug-likeness (QED) is 0.398. The molecule has 1 saturated carbocycles. The normalized spacial score (nSPS) is 22.5. The monoisotopic (exact) mass is 498 g/mol. The van der Waals surface area contributed by atoms with Crippen molar-refractivity contribution in [3.8, 4) is 22.6 Å². The summed E-state index contributed by atoms with van der Waals surface area (Å²) in [7, 11) is 0. The Bertz CT molecular complexity index is 1360. The smallest absolute Gasteiger partial charge is 0.307 e. The van der Waals surface area contributed by atoms with Gasteiger partial charge in [-0.15, -0.1) is 0 Å². The second-order valence-corrected chi connectivity index (χ2v) is 11.5. The number of benzene rings is 3. The Hall–Kier alpha value is -3.31. The Morgan fingerprint density at radius 3 is 2.46 bits per heavy atom. The molecule has 5 nitrogen and oxygen atoms in total. The first-order chi connectivity index (χ1) is 17.7. The van der Waals surface area contributed by atoms with E-state index in [-0.39, 0.29) is 23.2 Å². The van der Waals surface area contributed by atoms with Gasteiger partial charge in [-0.2, -0.15) is 0 Å². The number of carboxylic acid groups (broad SMARTS) is 1. The summed E-state index contributed by atoms with van der Waals surface area (Å²) in [5.74, 6) is 1.35. The van der Waals surface area contributed by atoms with Gasteiger partial charge in [-0.3, -0.25) is 4.79 Å². The van der Waals surface area contributed by atoms with Gasteiger partial charge in [-0.1, -0.05) is 31.2 Å². The van der Waals surface area contributed by atoms with Gasteiger partial charge in [-0.05, 0) is 102 Å². The summed E-state index contributed by atoms with van der Waals surface area (Å²) in [6.07, 6.45) is 0.841. The van der Waals surface area contributed by atoms with Crippen molar-refractivity contribution in [2.24, 2.45) is 17.3 Å². The first-order valence-corrected chi connectivity index (χ1v) is 13.1. The fraction of sp³-hybridized carbons (Fsp3) is 0.406. The minimum atomic E-state index is -0.665. The molecule has 3 aromatic carbocycles. The van der Waals surface area contributed by atoms with E-state index in [0.29, 0.717) is 13.2 Å². The molecule has 37 heavy (non-hydrogen) atoms. The zero-order valence-electron chi connectivity index (χ0n) is 22.0. The van der Waals surface area contributed by atoms with Crippen LogP contribution in [0.3, 0.4) is 0 Å². The third-order valence-electron chi connectivity index (χ3n) is 8.49. The fourth-order valence-electron chi connectivity index (χ4n) is 6.31. The molecule has 0 spiro atoms. The van der Waals surface area contributed by atoms with Crippen LogP contribution in [0.1, 0.15) is 46.2 Å². The predicted octanol–water partition coefficient (Wildman–Crippen LogP) is 6.24. The standard InChI is InChI=1S/C32H34O5/c1-18-10-24(37-17-32(4)15-35-16-32)11-19(2)28(18)25-7-5-6-21(20(25)3)14-36-23-8-9-26-22(12-23)13-27-29(26)30(27)31(33)34/h5-12,27,29-30H,13-17H2,1-4H3,(H,33,34). The Labute approximate surface area is 218 Å². The number of hydrogen-bond acceptors (Lipinski definition) is 4. The molecule has 3 unspecified atom stereocenters. The first-order valence-electron chi connectivity index (χ1n) is 13.1. The molecule has 2 fully saturated rings. The molecule has 192 valence electrons. The molecule has 1 aliphatic heterocycles. The Kier molecular flexibility index (Phi) is 5.79. The molecule has 0 amide bonds. The zero-order chi connectivity index (χ0) is 25.9. The minimum absolute atomic E-state index is 0.117. The van der Waals surface area contributed by atoms with Crippen LogP contribution >= 0.6 is 0 Å².